The molecule has 11 heteroatoms. The van der Waals surface area contributed by atoms with Crippen LogP contribution < -0.4 is 0 Å². The molecule has 2 bridgehead atoms. The molecule has 1 unspecified atom stereocenters. The summed E-state index contributed by atoms with van der Waals surface area (Å²) in [6.45, 7) is 18.5. The van der Waals surface area contributed by atoms with E-state index in [2.05, 4.69) is 62.9 Å². The highest BCUT2D eigenvalue weighted by molar-refractivity contribution is 5.91. The first-order chi connectivity index (χ1) is 26.4. The number of hydrogen-bond donors (Lipinski definition) is 1. The van der Waals surface area contributed by atoms with Crippen LogP contribution in [0.15, 0.2) is 53.0 Å². The van der Waals surface area contributed by atoms with E-state index in [-0.39, 0.29) is 30.6 Å². The maximum absolute atomic E-state index is 13.8. The summed E-state index contributed by atoms with van der Waals surface area (Å²) in [7, 11) is 3.89. The number of likely N-dealkylation sites (N-methyl/N-ethyl adjacent to an activating group) is 1. The Hall–Kier alpha value is -3.79. The number of amides is 1. The third kappa shape index (κ3) is 8.41. The maximum atomic E-state index is 13.8. The molecule has 56 heavy (non-hydrogen) atoms. The number of aliphatic imine (C=N–C) groups is 1. The SMILES string of the molecule is C/C1=C\[C@H](C)[C@@H](O[C@H]2O[C@@H](C)C[C@@H](N(C)C)C2O)[C@@](C)(OCC#Cc2ccc3cc(C)ccc3c2)C[C@@H](C)C2=NCCN3C(=O)O[C@](C)([C@@H](C)OC1=O)[C@H]3[C@H]2C. The summed E-state index contributed by atoms with van der Waals surface area (Å²) in [6.07, 6.45) is -1.02. The average Bonchev–Trinajstić information content (AvgIpc) is 3.26. The van der Waals surface area contributed by atoms with Gasteiger partial charge in [0, 0.05) is 41.3 Å². The highest BCUT2D eigenvalue weighted by atomic mass is 16.7. The van der Waals surface area contributed by atoms with Gasteiger partial charge in [0.2, 0.25) is 0 Å². The van der Waals surface area contributed by atoms with Crippen molar-refractivity contribution in [3.63, 3.8) is 0 Å². The van der Waals surface area contributed by atoms with E-state index in [0.717, 1.165) is 22.0 Å². The Morgan fingerprint density at radius 3 is 2.48 bits per heavy atom. The van der Waals surface area contributed by atoms with Crippen molar-refractivity contribution in [2.75, 3.05) is 33.8 Å². The molecule has 2 aromatic rings. The van der Waals surface area contributed by atoms with Crippen LogP contribution in [0.4, 0.5) is 4.79 Å². The quantitative estimate of drug-likeness (QED) is 0.276. The van der Waals surface area contributed by atoms with E-state index < -0.39 is 59.8 Å². The Kier molecular flexibility index (Phi) is 12.4. The van der Waals surface area contributed by atoms with Crippen LogP contribution in [0.25, 0.3) is 10.8 Å². The molecule has 1 N–H and O–H groups in total. The molecule has 2 saturated heterocycles. The minimum Gasteiger partial charge on any atom is -0.455 e. The first kappa shape index (κ1) is 41.8. The lowest BCUT2D eigenvalue weighted by atomic mass is 9.74. The third-order valence-corrected chi connectivity index (χ3v) is 12.5. The standard InChI is InChI=1S/C45H61N3O8/c1-26-14-16-35-24-33(15-17-34(35)21-26)13-12-20-52-44(8)25-29(4)37-31(6)39-45(9,56-43(51)48(39)19-18-46-37)32(7)54-41(50)28(3)22-27(2)40(44)55-42-38(49)36(47(10)11)23-30(5)53-42/h14-17,21-22,24,27,29-32,36,38-40,42,49H,18-20,23,25H2,1-11H3/b28-22+/t27-,29+,30-,31-,32+,36+,38?,39+,40+,42+,44-,45+/m0/s1. The van der Waals surface area contributed by atoms with Crippen LogP contribution in [0.1, 0.15) is 79.4 Å². The molecule has 0 radical (unpaired) electrons. The molecule has 0 aromatic heterocycles. The predicted octanol–water partition coefficient (Wildman–Crippen LogP) is 6.31. The molecule has 0 spiro atoms. The van der Waals surface area contributed by atoms with Gasteiger partial charge in [-0.05, 0) is 97.3 Å². The number of benzene rings is 2. The van der Waals surface area contributed by atoms with Crippen LogP contribution in [0.5, 0.6) is 0 Å². The lowest BCUT2D eigenvalue weighted by molar-refractivity contribution is -0.295. The number of hydrogen-bond acceptors (Lipinski definition) is 10. The first-order valence-electron chi connectivity index (χ1n) is 20.1. The molecule has 12 atom stereocenters. The Bertz CT molecular complexity index is 1920. The number of aryl methyl sites for hydroxylation is 1. The number of nitrogens with zero attached hydrogens (tertiary/aromatic N) is 3. The zero-order valence-electron chi connectivity index (χ0n) is 35.0. The first-order valence-corrected chi connectivity index (χ1v) is 20.1. The lowest BCUT2D eigenvalue weighted by Crippen LogP contribution is -2.59. The molecule has 4 heterocycles. The number of esters is 1. The van der Waals surface area contributed by atoms with Gasteiger partial charge in [-0.3, -0.25) is 9.89 Å². The molecule has 2 fully saturated rings. The molecule has 304 valence electrons. The van der Waals surface area contributed by atoms with Crippen molar-refractivity contribution >= 4 is 28.5 Å². The van der Waals surface area contributed by atoms with Crippen LogP contribution in [-0.4, -0.2) is 120 Å². The largest absolute Gasteiger partial charge is 0.455 e. The number of aliphatic hydroxyl groups is 1. The smallest absolute Gasteiger partial charge is 0.410 e. The molecular weight excluding hydrogens is 711 g/mol. The van der Waals surface area contributed by atoms with Crippen LogP contribution in [0, 0.1) is 36.5 Å². The number of carbonyl (C=O) groups is 2. The van der Waals surface area contributed by atoms with Gasteiger partial charge in [0.1, 0.15) is 18.8 Å². The van der Waals surface area contributed by atoms with Gasteiger partial charge in [0.15, 0.2) is 11.9 Å². The summed E-state index contributed by atoms with van der Waals surface area (Å²) < 4.78 is 32.4. The molecule has 6 rings (SSSR count). The van der Waals surface area contributed by atoms with Crippen molar-refractivity contribution < 1.29 is 38.4 Å². The molecule has 1 amide bonds. The van der Waals surface area contributed by atoms with Crippen molar-refractivity contribution in [2.45, 2.75) is 129 Å². The Morgan fingerprint density at radius 2 is 1.75 bits per heavy atom. The summed E-state index contributed by atoms with van der Waals surface area (Å²) in [5, 5.41) is 13.9. The number of aliphatic hydroxyl groups excluding tert-OH is 1. The molecule has 4 aliphatic rings. The minimum absolute atomic E-state index is 0.0909. The highest BCUT2D eigenvalue weighted by Gasteiger charge is 2.59. The average molecular weight is 772 g/mol. The van der Waals surface area contributed by atoms with Crippen LogP contribution in [-0.2, 0) is 28.5 Å². The van der Waals surface area contributed by atoms with E-state index in [1.54, 1.807) is 18.7 Å². The van der Waals surface area contributed by atoms with E-state index in [9.17, 15) is 14.7 Å². The second-order valence-electron chi connectivity index (χ2n) is 17.2. The van der Waals surface area contributed by atoms with Crippen LogP contribution >= 0.6 is 0 Å². The Balaban J connectivity index is 1.41. The van der Waals surface area contributed by atoms with Crippen molar-refractivity contribution in [1.29, 1.82) is 0 Å². The van der Waals surface area contributed by atoms with E-state index in [0.29, 0.717) is 31.5 Å². The number of fused-ring (bicyclic) bond motifs is 2. The highest BCUT2D eigenvalue weighted by Crippen LogP contribution is 2.43. The zero-order chi connectivity index (χ0) is 40.7. The van der Waals surface area contributed by atoms with E-state index >= 15 is 0 Å². The molecule has 4 aliphatic heterocycles. The van der Waals surface area contributed by atoms with E-state index in [4.69, 9.17) is 28.7 Å². The summed E-state index contributed by atoms with van der Waals surface area (Å²) >= 11 is 0. The Morgan fingerprint density at radius 1 is 1.04 bits per heavy atom. The predicted molar refractivity (Wildman–Crippen MR) is 216 cm³/mol. The summed E-state index contributed by atoms with van der Waals surface area (Å²) in [6, 6.07) is 11.9. The van der Waals surface area contributed by atoms with Gasteiger partial charge < -0.3 is 33.7 Å². The van der Waals surface area contributed by atoms with Gasteiger partial charge in [0.25, 0.3) is 0 Å². The zero-order valence-corrected chi connectivity index (χ0v) is 35.0. The topological polar surface area (TPSA) is 119 Å². The Labute approximate surface area is 332 Å². The van der Waals surface area contributed by atoms with Crippen molar-refractivity contribution in [3.8, 4) is 11.8 Å². The van der Waals surface area contributed by atoms with Gasteiger partial charge in [-0.15, -0.1) is 0 Å². The fourth-order valence-electron chi connectivity index (χ4n) is 9.54. The molecule has 0 saturated carbocycles. The van der Waals surface area contributed by atoms with Crippen LogP contribution in [0.3, 0.4) is 0 Å². The van der Waals surface area contributed by atoms with Crippen molar-refractivity contribution in [3.05, 3.63) is 59.2 Å². The molecular formula is C45H61N3O8. The number of carbonyl (C=O) groups excluding carboxylic acids is 2. The normalized spacial score (nSPS) is 37.7. The second-order valence-corrected chi connectivity index (χ2v) is 17.2. The lowest BCUT2D eigenvalue weighted by Gasteiger charge is -2.47. The van der Waals surface area contributed by atoms with Crippen molar-refractivity contribution in [1.82, 2.24) is 9.80 Å². The van der Waals surface area contributed by atoms with Crippen molar-refractivity contribution in [2.24, 2.45) is 22.7 Å². The van der Waals surface area contributed by atoms with E-state index in [1.807, 2.05) is 58.8 Å². The summed E-state index contributed by atoms with van der Waals surface area (Å²) in [5.41, 5.74) is 1.25. The van der Waals surface area contributed by atoms with Gasteiger partial charge in [-0.2, -0.15) is 0 Å². The van der Waals surface area contributed by atoms with Gasteiger partial charge in [-0.1, -0.05) is 68.5 Å². The molecule has 2 aromatic carbocycles. The number of cyclic esters (lactones) is 1. The number of rotatable bonds is 5. The number of ether oxygens (including phenoxy) is 5. The van der Waals surface area contributed by atoms with Gasteiger partial charge in [0.05, 0.1) is 30.4 Å². The fourth-order valence-corrected chi connectivity index (χ4v) is 9.54. The molecule has 11 nitrogen and oxygen atoms in total. The fraction of sp³-hybridized carbons (Fsp3) is 0.622. The van der Waals surface area contributed by atoms with E-state index in [1.165, 1.54) is 5.56 Å². The second kappa shape index (κ2) is 16.6. The monoisotopic (exact) mass is 771 g/mol. The minimum atomic E-state index is -1.11. The maximum Gasteiger partial charge on any atom is 0.410 e. The van der Waals surface area contributed by atoms with Gasteiger partial charge in [-0.25, -0.2) is 9.59 Å². The third-order valence-electron chi connectivity index (χ3n) is 12.5. The summed E-state index contributed by atoms with van der Waals surface area (Å²) in [5.74, 6) is 5.26. The summed E-state index contributed by atoms with van der Waals surface area (Å²) in [4.78, 5) is 36.0. The molecule has 0 aliphatic carbocycles. The van der Waals surface area contributed by atoms with Gasteiger partial charge >= 0.3 is 12.1 Å². The van der Waals surface area contributed by atoms with Crippen LogP contribution in [0.2, 0.25) is 0 Å².